The van der Waals surface area contributed by atoms with E-state index in [0.717, 1.165) is 31.4 Å². The Labute approximate surface area is 109 Å². The maximum Gasteiger partial charge on any atom is 0.110 e. The lowest BCUT2D eigenvalue weighted by atomic mass is 10.0. The average molecular weight is 245 g/mol. The van der Waals surface area contributed by atoms with Gasteiger partial charge in [0.2, 0.25) is 0 Å². The number of hydrogen-bond acceptors (Lipinski definition) is 2. The summed E-state index contributed by atoms with van der Waals surface area (Å²) in [6, 6.07) is 6.49. The molecule has 3 heteroatoms. The van der Waals surface area contributed by atoms with Gasteiger partial charge in [0.05, 0.1) is 11.0 Å². The topological polar surface area (TPSA) is 43.8 Å². The molecule has 1 unspecified atom stereocenters. The number of imidazole rings is 1. The van der Waals surface area contributed by atoms with Crippen molar-refractivity contribution in [3.63, 3.8) is 0 Å². The molecule has 0 bridgehead atoms. The largest absolute Gasteiger partial charge is 0.330 e. The first-order chi connectivity index (χ1) is 8.69. The molecule has 0 spiro atoms. The zero-order chi connectivity index (χ0) is 13.1. The van der Waals surface area contributed by atoms with E-state index in [1.807, 2.05) is 0 Å². The highest BCUT2D eigenvalue weighted by atomic mass is 15.1. The fourth-order valence-electron chi connectivity index (χ4n) is 2.45. The molecule has 1 aromatic carbocycles. The van der Waals surface area contributed by atoms with Crippen LogP contribution in [0.4, 0.5) is 0 Å². The Morgan fingerprint density at radius 3 is 2.72 bits per heavy atom. The molecule has 2 rings (SSSR count). The van der Waals surface area contributed by atoms with Gasteiger partial charge in [0.15, 0.2) is 0 Å². The molecule has 0 saturated heterocycles. The highest BCUT2D eigenvalue weighted by Gasteiger charge is 2.13. The molecular weight excluding hydrogens is 222 g/mol. The van der Waals surface area contributed by atoms with Gasteiger partial charge in [0, 0.05) is 13.0 Å². The number of aryl methyl sites for hydroxylation is 2. The summed E-state index contributed by atoms with van der Waals surface area (Å²) in [4.78, 5) is 4.79. The summed E-state index contributed by atoms with van der Waals surface area (Å²) < 4.78 is 2.31. The van der Waals surface area contributed by atoms with Crippen molar-refractivity contribution in [1.29, 1.82) is 0 Å². The smallest absolute Gasteiger partial charge is 0.110 e. The normalized spacial score (nSPS) is 13.1. The van der Waals surface area contributed by atoms with E-state index < -0.39 is 0 Å². The second kappa shape index (κ2) is 5.53. The first-order valence-corrected chi connectivity index (χ1v) is 6.85. The van der Waals surface area contributed by atoms with E-state index in [1.54, 1.807) is 0 Å². The minimum atomic E-state index is 0.535. The Bertz CT molecular complexity index is 524. The number of benzene rings is 1. The van der Waals surface area contributed by atoms with Gasteiger partial charge in [-0.25, -0.2) is 4.98 Å². The fraction of sp³-hybridized carbons (Fsp3) is 0.533. The van der Waals surface area contributed by atoms with Crippen molar-refractivity contribution in [3.8, 4) is 0 Å². The quantitative estimate of drug-likeness (QED) is 0.880. The predicted molar refractivity (Wildman–Crippen MR) is 76.7 cm³/mol. The monoisotopic (exact) mass is 245 g/mol. The van der Waals surface area contributed by atoms with Crippen LogP contribution in [0, 0.1) is 12.8 Å². The Balaban J connectivity index is 2.43. The number of rotatable bonds is 5. The van der Waals surface area contributed by atoms with Gasteiger partial charge in [-0.3, -0.25) is 0 Å². The summed E-state index contributed by atoms with van der Waals surface area (Å²) >= 11 is 0. The van der Waals surface area contributed by atoms with Gasteiger partial charge in [-0.15, -0.1) is 0 Å². The van der Waals surface area contributed by atoms with Crippen LogP contribution in [-0.2, 0) is 13.0 Å². The molecule has 0 radical (unpaired) electrons. The highest BCUT2D eigenvalue weighted by Crippen LogP contribution is 2.20. The summed E-state index contributed by atoms with van der Waals surface area (Å²) in [6.07, 6.45) is 2.09. The number of nitrogens with two attached hydrogens (primary N) is 1. The summed E-state index contributed by atoms with van der Waals surface area (Å²) in [6.45, 7) is 8.19. The molecule has 0 aliphatic carbocycles. The van der Waals surface area contributed by atoms with Crippen LogP contribution in [0.15, 0.2) is 18.2 Å². The fourth-order valence-corrected chi connectivity index (χ4v) is 2.45. The van der Waals surface area contributed by atoms with Gasteiger partial charge in [0.1, 0.15) is 5.82 Å². The average Bonchev–Trinajstić information content (AvgIpc) is 2.71. The summed E-state index contributed by atoms with van der Waals surface area (Å²) in [5.74, 6) is 1.71. The first kappa shape index (κ1) is 13.1. The van der Waals surface area contributed by atoms with Crippen molar-refractivity contribution in [2.24, 2.45) is 11.7 Å². The van der Waals surface area contributed by atoms with E-state index in [0.29, 0.717) is 5.92 Å². The molecule has 1 heterocycles. The van der Waals surface area contributed by atoms with E-state index >= 15 is 0 Å². The van der Waals surface area contributed by atoms with Crippen LogP contribution in [0.25, 0.3) is 11.0 Å². The lowest BCUT2D eigenvalue weighted by Gasteiger charge is -2.12. The molecule has 3 nitrogen and oxygen atoms in total. The van der Waals surface area contributed by atoms with Gasteiger partial charge >= 0.3 is 0 Å². The molecule has 18 heavy (non-hydrogen) atoms. The van der Waals surface area contributed by atoms with Crippen molar-refractivity contribution in [2.45, 2.75) is 40.2 Å². The van der Waals surface area contributed by atoms with E-state index in [-0.39, 0.29) is 0 Å². The van der Waals surface area contributed by atoms with Crippen LogP contribution in [0.5, 0.6) is 0 Å². The Hall–Kier alpha value is -1.35. The van der Waals surface area contributed by atoms with E-state index in [4.69, 9.17) is 10.7 Å². The molecule has 98 valence electrons. The minimum Gasteiger partial charge on any atom is -0.330 e. The van der Waals surface area contributed by atoms with Gasteiger partial charge in [0.25, 0.3) is 0 Å². The highest BCUT2D eigenvalue weighted by molar-refractivity contribution is 5.76. The standard InChI is InChI=1S/C15H23N3/c1-4-12(10-16)9-15-17-13-8-11(3)6-7-14(13)18(15)5-2/h6-8,12H,4-5,9-10,16H2,1-3H3. The molecule has 1 atom stereocenters. The molecule has 0 fully saturated rings. The first-order valence-electron chi connectivity index (χ1n) is 6.85. The van der Waals surface area contributed by atoms with E-state index in [2.05, 4.69) is 43.5 Å². The molecule has 0 saturated carbocycles. The summed E-state index contributed by atoms with van der Waals surface area (Å²) in [5.41, 5.74) is 9.42. The molecule has 2 N–H and O–H groups in total. The summed E-state index contributed by atoms with van der Waals surface area (Å²) in [7, 11) is 0. The Morgan fingerprint density at radius 1 is 1.33 bits per heavy atom. The third-order valence-corrected chi connectivity index (χ3v) is 3.68. The number of hydrogen-bond donors (Lipinski definition) is 1. The van der Waals surface area contributed by atoms with Crippen LogP contribution < -0.4 is 5.73 Å². The third-order valence-electron chi connectivity index (χ3n) is 3.68. The zero-order valence-corrected chi connectivity index (χ0v) is 11.6. The maximum atomic E-state index is 5.80. The molecule has 0 aliphatic rings. The van der Waals surface area contributed by atoms with Crippen molar-refractivity contribution >= 4 is 11.0 Å². The number of nitrogens with zero attached hydrogens (tertiary/aromatic N) is 2. The van der Waals surface area contributed by atoms with E-state index in [1.165, 1.54) is 16.9 Å². The van der Waals surface area contributed by atoms with Crippen LogP contribution in [0.3, 0.4) is 0 Å². The molecule has 0 aliphatic heterocycles. The Morgan fingerprint density at radius 2 is 2.11 bits per heavy atom. The molecular formula is C15H23N3. The summed E-state index contributed by atoms with van der Waals surface area (Å²) in [5, 5.41) is 0. The van der Waals surface area contributed by atoms with Gasteiger partial charge < -0.3 is 10.3 Å². The maximum absolute atomic E-state index is 5.80. The van der Waals surface area contributed by atoms with Crippen molar-refractivity contribution < 1.29 is 0 Å². The molecule has 0 amide bonds. The lowest BCUT2D eigenvalue weighted by Crippen LogP contribution is -2.18. The van der Waals surface area contributed by atoms with Crippen LogP contribution in [-0.4, -0.2) is 16.1 Å². The second-order valence-corrected chi connectivity index (χ2v) is 4.98. The van der Waals surface area contributed by atoms with Crippen molar-refractivity contribution in [3.05, 3.63) is 29.6 Å². The van der Waals surface area contributed by atoms with Gasteiger partial charge in [-0.1, -0.05) is 19.4 Å². The number of aromatic nitrogens is 2. The van der Waals surface area contributed by atoms with E-state index in [9.17, 15) is 0 Å². The van der Waals surface area contributed by atoms with Crippen LogP contribution in [0.2, 0.25) is 0 Å². The predicted octanol–water partition coefficient (Wildman–Crippen LogP) is 2.89. The second-order valence-electron chi connectivity index (χ2n) is 4.98. The lowest BCUT2D eigenvalue weighted by molar-refractivity contribution is 0.494. The van der Waals surface area contributed by atoms with Crippen molar-refractivity contribution in [1.82, 2.24) is 9.55 Å². The number of fused-ring (bicyclic) bond motifs is 1. The Kier molecular flexibility index (Phi) is 4.02. The van der Waals surface area contributed by atoms with Gasteiger partial charge in [-0.05, 0) is 44.0 Å². The minimum absolute atomic E-state index is 0.535. The van der Waals surface area contributed by atoms with Crippen LogP contribution in [0.1, 0.15) is 31.7 Å². The zero-order valence-electron chi connectivity index (χ0n) is 11.6. The SMILES string of the molecule is CCC(CN)Cc1nc2cc(C)ccc2n1CC. The van der Waals surface area contributed by atoms with Gasteiger partial charge in [-0.2, -0.15) is 0 Å². The molecule has 1 aromatic heterocycles. The molecule has 2 aromatic rings. The van der Waals surface area contributed by atoms with Crippen LogP contribution >= 0.6 is 0 Å². The third kappa shape index (κ3) is 2.41. The van der Waals surface area contributed by atoms with Crippen molar-refractivity contribution in [2.75, 3.05) is 6.54 Å².